The molecule has 2 N–H and O–H groups in total. The van der Waals surface area contributed by atoms with Crippen LogP contribution in [0.1, 0.15) is 24.1 Å². The average molecular weight is 559 g/mol. The molecular formula is C26H22F4N6O2S. The van der Waals surface area contributed by atoms with Gasteiger partial charge in [-0.15, -0.1) is 18.3 Å². The summed E-state index contributed by atoms with van der Waals surface area (Å²) in [6, 6.07) is 16.9. The van der Waals surface area contributed by atoms with Crippen LogP contribution in [-0.4, -0.2) is 39.6 Å². The van der Waals surface area contributed by atoms with Crippen molar-refractivity contribution >= 4 is 23.5 Å². The molecule has 4 aromatic rings. The zero-order valence-corrected chi connectivity index (χ0v) is 21.4. The van der Waals surface area contributed by atoms with E-state index in [2.05, 4.69) is 30.7 Å². The Morgan fingerprint density at radius 1 is 1.08 bits per heavy atom. The maximum atomic E-state index is 13.9. The molecule has 0 aliphatic rings. The Morgan fingerprint density at radius 3 is 2.44 bits per heavy atom. The average Bonchev–Trinajstić information content (AvgIpc) is 3.39. The standard InChI is InChI=1S/C26H22F4N6O2S/c1-16(19-7-12-23(37-2)22(27)13-19)33-25(39)34-32-14-17-3-5-18(6-4-17)24-31-15-36(35-24)20-8-10-21(11-9-20)38-26(28,29)30/h3-16H,1-2H3,(H2,33,34,39)/b32-14+. The number of ether oxygens (including phenoxy) is 2. The second-order valence-electron chi connectivity index (χ2n) is 8.14. The lowest BCUT2D eigenvalue weighted by Crippen LogP contribution is -2.34. The van der Waals surface area contributed by atoms with Crippen LogP contribution < -0.4 is 20.2 Å². The molecule has 1 aromatic heterocycles. The second-order valence-corrected chi connectivity index (χ2v) is 8.54. The molecule has 0 radical (unpaired) electrons. The maximum Gasteiger partial charge on any atom is 0.573 e. The third-order valence-corrected chi connectivity index (χ3v) is 5.61. The molecule has 0 aliphatic heterocycles. The predicted molar refractivity (Wildman–Crippen MR) is 141 cm³/mol. The van der Waals surface area contributed by atoms with Gasteiger partial charge < -0.3 is 14.8 Å². The van der Waals surface area contributed by atoms with E-state index in [1.54, 1.807) is 30.5 Å². The Kier molecular flexibility index (Phi) is 8.39. The lowest BCUT2D eigenvalue weighted by Gasteiger charge is -2.16. The van der Waals surface area contributed by atoms with E-state index >= 15 is 0 Å². The van der Waals surface area contributed by atoms with Gasteiger partial charge in [0.05, 0.1) is 25.1 Å². The summed E-state index contributed by atoms with van der Waals surface area (Å²) in [7, 11) is 1.40. The van der Waals surface area contributed by atoms with Gasteiger partial charge in [-0.1, -0.05) is 30.3 Å². The van der Waals surface area contributed by atoms with Crippen LogP contribution in [0.25, 0.3) is 17.1 Å². The summed E-state index contributed by atoms with van der Waals surface area (Å²) in [4.78, 5) is 4.27. The van der Waals surface area contributed by atoms with Crippen molar-refractivity contribution in [2.45, 2.75) is 19.3 Å². The molecule has 1 atom stereocenters. The lowest BCUT2D eigenvalue weighted by molar-refractivity contribution is -0.274. The fraction of sp³-hybridized carbons (Fsp3) is 0.154. The van der Waals surface area contributed by atoms with Gasteiger partial charge in [0.25, 0.3) is 0 Å². The Balaban J connectivity index is 1.31. The first kappa shape index (κ1) is 27.5. The number of nitrogens with zero attached hydrogens (tertiary/aromatic N) is 4. The topological polar surface area (TPSA) is 85.6 Å². The molecule has 13 heteroatoms. The first-order valence-corrected chi connectivity index (χ1v) is 11.8. The zero-order valence-electron chi connectivity index (χ0n) is 20.6. The van der Waals surface area contributed by atoms with Gasteiger partial charge in [-0.25, -0.2) is 14.1 Å². The van der Waals surface area contributed by atoms with Crippen molar-refractivity contribution in [2.24, 2.45) is 5.10 Å². The van der Waals surface area contributed by atoms with Crippen LogP contribution in [-0.2, 0) is 0 Å². The second kappa shape index (κ2) is 11.9. The van der Waals surface area contributed by atoms with Gasteiger partial charge in [0.15, 0.2) is 22.5 Å². The number of halogens is 4. The number of benzene rings is 3. The summed E-state index contributed by atoms with van der Waals surface area (Å²) in [6.07, 6.45) is -1.72. The highest BCUT2D eigenvalue weighted by Crippen LogP contribution is 2.24. The highest BCUT2D eigenvalue weighted by molar-refractivity contribution is 7.80. The minimum absolute atomic E-state index is 0.166. The van der Waals surface area contributed by atoms with E-state index in [4.69, 9.17) is 17.0 Å². The van der Waals surface area contributed by atoms with Crippen molar-refractivity contribution in [3.05, 3.63) is 90.0 Å². The summed E-state index contributed by atoms with van der Waals surface area (Å²) in [5.74, 6) is -0.183. The Morgan fingerprint density at radius 2 is 1.79 bits per heavy atom. The number of nitrogens with one attached hydrogen (secondary N) is 2. The monoisotopic (exact) mass is 558 g/mol. The smallest absolute Gasteiger partial charge is 0.494 e. The fourth-order valence-electron chi connectivity index (χ4n) is 3.47. The van der Waals surface area contributed by atoms with E-state index in [9.17, 15) is 17.6 Å². The maximum absolute atomic E-state index is 13.9. The zero-order chi connectivity index (χ0) is 28.0. The van der Waals surface area contributed by atoms with Crippen LogP contribution in [0.3, 0.4) is 0 Å². The minimum Gasteiger partial charge on any atom is -0.494 e. The molecule has 0 fully saturated rings. The van der Waals surface area contributed by atoms with E-state index in [0.29, 0.717) is 17.1 Å². The highest BCUT2D eigenvalue weighted by atomic mass is 32.1. The third kappa shape index (κ3) is 7.51. The lowest BCUT2D eigenvalue weighted by atomic mass is 10.1. The number of thiocarbonyl (C=S) groups is 1. The van der Waals surface area contributed by atoms with Crippen LogP contribution in [0.2, 0.25) is 0 Å². The SMILES string of the molecule is COc1ccc(C(C)NC(=S)N/N=C/c2ccc(-c3ncn(-c4ccc(OC(F)(F)F)cc4)n3)cc2)cc1F. The quantitative estimate of drug-likeness (QED) is 0.127. The number of hydrogen-bond donors (Lipinski definition) is 2. The Labute approximate surface area is 226 Å². The van der Waals surface area contributed by atoms with Gasteiger partial charge in [0.1, 0.15) is 12.1 Å². The van der Waals surface area contributed by atoms with Gasteiger partial charge in [-0.2, -0.15) is 5.10 Å². The van der Waals surface area contributed by atoms with Crippen LogP contribution in [0.4, 0.5) is 17.6 Å². The van der Waals surface area contributed by atoms with Gasteiger partial charge in [0.2, 0.25) is 0 Å². The summed E-state index contributed by atoms with van der Waals surface area (Å²) in [5, 5.41) is 11.8. The summed E-state index contributed by atoms with van der Waals surface area (Å²) >= 11 is 5.25. The first-order valence-electron chi connectivity index (χ1n) is 11.4. The third-order valence-electron chi connectivity index (χ3n) is 5.40. The normalized spacial score (nSPS) is 12.3. The molecule has 0 aliphatic carbocycles. The number of methoxy groups -OCH3 is 1. The van der Waals surface area contributed by atoms with Gasteiger partial charge in [-0.05, 0) is 66.7 Å². The molecule has 8 nitrogen and oxygen atoms in total. The number of hydrazone groups is 1. The van der Waals surface area contributed by atoms with E-state index in [-0.39, 0.29) is 22.7 Å². The molecule has 1 unspecified atom stereocenters. The molecule has 0 bridgehead atoms. The van der Waals surface area contributed by atoms with E-state index < -0.39 is 12.2 Å². The molecule has 202 valence electrons. The highest BCUT2D eigenvalue weighted by Gasteiger charge is 2.31. The minimum atomic E-state index is -4.75. The predicted octanol–water partition coefficient (Wildman–Crippen LogP) is 5.54. The Hall–Kier alpha value is -4.52. The van der Waals surface area contributed by atoms with E-state index in [0.717, 1.165) is 11.1 Å². The summed E-state index contributed by atoms with van der Waals surface area (Å²) < 4.78 is 61.2. The van der Waals surface area contributed by atoms with Gasteiger partial charge in [0, 0.05) is 5.56 Å². The number of hydrogen-bond acceptors (Lipinski definition) is 6. The molecule has 1 heterocycles. The molecule has 3 aromatic carbocycles. The summed E-state index contributed by atoms with van der Waals surface area (Å²) in [6.45, 7) is 1.84. The van der Waals surface area contributed by atoms with Crippen LogP contribution in [0.5, 0.6) is 11.5 Å². The van der Waals surface area contributed by atoms with Gasteiger partial charge >= 0.3 is 6.36 Å². The van der Waals surface area contributed by atoms with Crippen molar-refractivity contribution < 1.29 is 27.0 Å². The molecule has 0 saturated heterocycles. The van der Waals surface area contributed by atoms with E-state index in [1.807, 2.05) is 19.1 Å². The van der Waals surface area contributed by atoms with Crippen molar-refractivity contribution in [1.82, 2.24) is 25.5 Å². The molecular weight excluding hydrogens is 536 g/mol. The van der Waals surface area contributed by atoms with Crippen molar-refractivity contribution in [1.29, 1.82) is 0 Å². The molecule has 0 amide bonds. The van der Waals surface area contributed by atoms with Crippen molar-refractivity contribution in [2.75, 3.05) is 7.11 Å². The van der Waals surface area contributed by atoms with Gasteiger partial charge in [-0.3, -0.25) is 5.43 Å². The summed E-state index contributed by atoms with van der Waals surface area (Å²) in [5.41, 5.74) is 5.45. The largest absolute Gasteiger partial charge is 0.573 e. The van der Waals surface area contributed by atoms with E-state index in [1.165, 1.54) is 48.5 Å². The molecule has 4 rings (SSSR count). The number of alkyl halides is 3. The number of rotatable bonds is 8. The molecule has 0 spiro atoms. The molecule has 0 saturated carbocycles. The van der Waals surface area contributed by atoms with Crippen LogP contribution in [0, 0.1) is 5.82 Å². The Bertz CT molecular complexity index is 1460. The van der Waals surface area contributed by atoms with Crippen molar-refractivity contribution in [3.63, 3.8) is 0 Å². The molecule has 39 heavy (non-hydrogen) atoms. The van der Waals surface area contributed by atoms with Crippen LogP contribution in [0.15, 0.2) is 78.2 Å². The fourth-order valence-corrected chi connectivity index (χ4v) is 3.70. The van der Waals surface area contributed by atoms with Crippen LogP contribution >= 0.6 is 12.2 Å². The first-order chi connectivity index (χ1) is 18.6. The van der Waals surface area contributed by atoms with Crippen molar-refractivity contribution in [3.8, 4) is 28.6 Å². The number of aromatic nitrogens is 3.